The lowest BCUT2D eigenvalue weighted by molar-refractivity contribution is 1.06. The highest BCUT2D eigenvalue weighted by Gasteiger charge is 2.00. The molecule has 2 rings (SSSR count). The predicted octanol–water partition coefficient (Wildman–Crippen LogP) is 2.12. The smallest absolute Gasteiger partial charge is 0.0831 e. The molecule has 2 aromatic rings. The molecule has 0 amide bonds. The van der Waals surface area contributed by atoms with Crippen LogP contribution in [0.15, 0.2) is 34.9 Å². The maximum absolute atomic E-state index is 5.66. The first-order valence-corrected chi connectivity index (χ1v) is 4.09. The second-order valence-electron chi connectivity index (χ2n) is 2.40. The van der Waals surface area contributed by atoms with Crippen molar-refractivity contribution in [3.05, 3.63) is 34.9 Å². The summed E-state index contributed by atoms with van der Waals surface area (Å²) < 4.78 is 2.64. The molecule has 1 aromatic heterocycles. The van der Waals surface area contributed by atoms with Crippen molar-refractivity contribution in [3.63, 3.8) is 0 Å². The molecule has 0 atom stereocenters. The van der Waals surface area contributed by atoms with Crippen LogP contribution in [0.25, 0.3) is 10.9 Å². The Bertz CT molecular complexity index is 392. The average molecular weight is 211 g/mol. The number of aromatic nitrogens is 1. The van der Waals surface area contributed by atoms with Crippen molar-refractivity contribution in [2.24, 2.45) is 0 Å². The molecule has 1 aromatic carbocycles. The van der Waals surface area contributed by atoms with Crippen molar-refractivity contribution in [3.8, 4) is 0 Å². The molecule has 56 valence electrons. The maximum atomic E-state index is 5.66. The van der Waals surface area contributed by atoms with Gasteiger partial charge in [0.2, 0.25) is 0 Å². The SMILES string of the molecule is Nn1ccc2cccc(Br)c21. The molecule has 0 fully saturated rings. The molecule has 1 heterocycles. The zero-order valence-electron chi connectivity index (χ0n) is 5.79. The van der Waals surface area contributed by atoms with Crippen LogP contribution < -0.4 is 5.84 Å². The van der Waals surface area contributed by atoms with E-state index in [-0.39, 0.29) is 0 Å². The molecule has 11 heavy (non-hydrogen) atoms. The van der Waals surface area contributed by atoms with Gasteiger partial charge in [-0.3, -0.25) is 4.68 Å². The quantitative estimate of drug-likeness (QED) is 0.664. The number of halogens is 1. The lowest BCUT2D eigenvalue weighted by Gasteiger charge is -1.97. The van der Waals surface area contributed by atoms with Crippen molar-refractivity contribution in [1.82, 2.24) is 4.68 Å². The molecule has 0 aliphatic carbocycles. The first-order valence-electron chi connectivity index (χ1n) is 3.30. The molecule has 2 N–H and O–H groups in total. The van der Waals surface area contributed by atoms with Crippen molar-refractivity contribution in [1.29, 1.82) is 0 Å². The largest absolute Gasteiger partial charge is 0.339 e. The summed E-state index contributed by atoms with van der Waals surface area (Å²) in [7, 11) is 0. The van der Waals surface area contributed by atoms with Gasteiger partial charge in [-0.15, -0.1) is 0 Å². The van der Waals surface area contributed by atoms with Gasteiger partial charge in [-0.25, -0.2) is 0 Å². The van der Waals surface area contributed by atoms with E-state index in [0.717, 1.165) is 15.4 Å². The standard InChI is InChI=1S/C8H7BrN2/c9-7-3-1-2-6-4-5-11(10)8(6)7/h1-5H,10H2. The fourth-order valence-corrected chi connectivity index (χ4v) is 1.76. The monoisotopic (exact) mass is 210 g/mol. The summed E-state index contributed by atoms with van der Waals surface area (Å²) >= 11 is 3.43. The van der Waals surface area contributed by atoms with Crippen molar-refractivity contribution in [2.45, 2.75) is 0 Å². The molecular formula is C8H7BrN2. The van der Waals surface area contributed by atoms with Gasteiger partial charge in [-0.2, -0.15) is 0 Å². The number of nitrogen functional groups attached to an aromatic ring is 1. The number of nitrogens with two attached hydrogens (primary N) is 1. The predicted molar refractivity (Wildman–Crippen MR) is 49.8 cm³/mol. The number of hydrogen-bond donors (Lipinski definition) is 1. The number of fused-ring (bicyclic) bond motifs is 1. The molecular weight excluding hydrogens is 204 g/mol. The van der Waals surface area contributed by atoms with Gasteiger partial charge in [0.15, 0.2) is 0 Å². The van der Waals surface area contributed by atoms with Crippen LogP contribution in [0, 0.1) is 0 Å². The van der Waals surface area contributed by atoms with Gasteiger partial charge in [0.25, 0.3) is 0 Å². The second kappa shape index (κ2) is 2.27. The first-order chi connectivity index (χ1) is 5.29. The Morgan fingerprint density at radius 2 is 2.09 bits per heavy atom. The van der Waals surface area contributed by atoms with Gasteiger partial charge in [-0.05, 0) is 28.1 Å². The molecule has 0 spiro atoms. The molecule has 0 unspecified atom stereocenters. The van der Waals surface area contributed by atoms with Gasteiger partial charge < -0.3 is 5.84 Å². The highest BCUT2D eigenvalue weighted by molar-refractivity contribution is 9.10. The van der Waals surface area contributed by atoms with E-state index in [2.05, 4.69) is 15.9 Å². The van der Waals surface area contributed by atoms with E-state index in [4.69, 9.17) is 5.84 Å². The number of benzene rings is 1. The lowest BCUT2D eigenvalue weighted by atomic mass is 10.3. The van der Waals surface area contributed by atoms with Crippen LogP contribution in [-0.4, -0.2) is 4.68 Å². The van der Waals surface area contributed by atoms with Crippen LogP contribution in [0.1, 0.15) is 0 Å². The lowest BCUT2D eigenvalue weighted by Crippen LogP contribution is -2.05. The van der Waals surface area contributed by atoms with E-state index in [9.17, 15) is 0 Å². The molecule has 0 saturated carbocycles. The molecule has 0 radical (unpaired) electrons. The number of hydrogen-bond acceptors (Lipinski definition) is 1. The Morgan fingerprint density at radius 1 is 1.27 bits per heavy atom. The fraction of sp³-hybridized carbons (Fsp3) is 0. The Balaban J connectivity index is 2.96. The number of rotatable bonds is 0. The Labute approximate surface area is 72.7 Å². The zero-order chi connectivity index (χ0) is 7.84. The fourth-order valence-electron chi connectivity index (χ4n) is 1.17. The van der Waals surface area contributed by atoms with Gasteiger partial charge in [0.1, 0.15) is 0 Å². The summed E-state index contributed by atoms with van der Waals surface area (Å²) in [4.78, 5) is 0. The van der Waals surface area contributed by atoms with Crippen LogP contribution >= 0.6 is 15.9 Å². The average Bonchev–Trinajstić information content (AvgIpc) is 2.34. The van der Waals surface area contributed by atoms with E-state index in [1.165, 1.54) is 0 Å². The normalized spacial score (nSPS) is 10.6. The minimum atomic E-state index is 1.03. The van der Waals surface area contributed by atoms with E-state index in [1.807, 2.05) is 30.5 Å². The van der Waals surface area contributed by atoms with E-state index in [0.29, 0.717) is 0 Å². The van der Waals surface area contributed by atoms with Gasteiger partial charge in [0, 0.05) is 16.1 Å². The van der Waals surface area contributed by atoms with Crippen molar-refractivity contribution >= 4 is 26.8 Å². The Morgan fingerprint density at radius 3 is 2.82 bits per heavy atom. The van der Waals surface area contributed by atoms with Gasteiger partial charge in [-0.1, -0.05) is 12.1 Å². The van der Waals surface area contributed by atoms with Crippen LogP contribution in [0.3, 0.4) is 0 Å². The third-order valence-corrected chi connectivity index (χ3v) is 2.33. The van der Waals surface area contributed by atoms with Crippen molar-refractivity contribution in [2.75, 3.05) is 5.84 Å². The minimum Gasteiger partial charge on any atom is -0.339 e. The summed E-state index contributed by atoms with van der Waals surface area (Å²) in [5.74, 6) is 5.66. The molecule has 3 heteroatoms. The van der Waals surface area contributed by atoms with E-state index < -0.39 is 0 Å². The summed E-state index contributed by atoms with van der Waals surface area (Å²) in [5, 5.41) is 1.15. The zero-order valence-corrected chi connectivity index (χ0v) is 7.38. The summed E-state index contributed by atoms with van der Waals surface area (Å²) in [6.07, 6.45) is 1.84. The third kappa shape index (κ3) is 0.922. The summed E-state index contributed by atoms with van der Waals surface area (Å²) in [6.45, 7) is 0. The molecule has 2 nitrogen and oxygen atoms in total. The molecule has 0 saturated heterocycles. The molecule has 0 aliphatic rings. The third-order valence-electron chi connectivity index (χ3n) is 1.69. The van der Waals surface area contributed by atoms with Crippen LogP contribution in [0.4, 0.5) is 0 Å². The van der Waals surface area contributed by atoms with E-state index in [1.54, 1.807) is 4.68 Å². The van der Waals surface area contributed by atoms with Crippen LogP contribution in [-0.2, 0) is 0 Å². The topological polar surface area (TPSA) is 30.9 Å². The maximum Gasteiger partial charge on any atom is 0.0831 e. The minimum absolute atomic E-state index is 1.03. The van der Waals surface area contributed by atoms with Crippen molar-refractivity contribution < 1.29 is 0 Å². The van der Waals surface area contributed by atoms with Gasteiger partial charge in [0.05, 0.1) is 5.52 Å². The Hall–Kier alpha value is -0.960. The van der Waals surface area contributed by atoms with E-state index >= 15 is 0 Å². The number of para-hydroxylation sites is 1. The molecule has 0 aliphatic heterocycles. The Kier molecular flexibility index (Phi) is 1.39. The van der Waals surface area contributed by atoms with Crippen LogP contribution in [0.5, 0.6) is 0 Å². The summed E-state index contributed by atoms with van der Waals surface area (Å²) in [6, 6.07) is 7.99. The first kappa shape index (κ1) is 6.73. The summed E-state index contributed by atoms with van der Waals surface area (Å²) in [5.41, 5.74) is 1.03. The second-order valence-corrected chi connectivity index (χ2v) is 3.26. The highest BCUT2D eigenvalue weighted by atomic mass is 79.9. The van der Waals surface area contributed by atoms with Gasteiger partial charge >= 0.3 is 0 Å². The highest BCUT2D eigenvalue weighted by Crippen LogP contribution is 2.22. The molecule has 0 bridgehead atoms. The number of nitrogens with zero attached hydrogens (tertiary/aromatic N) is 1. The van der Waals surface area contributed by atoms with Crippen LogP contribution in [0.2, 0.25) is 0 Å².